The minimum absolute atomic E-state index is 0.244. The van der Waals surface area contributed by atoms with Gasteiger partial charge < -0.3 is 8.84 Å². The fourth-order valence-electron chi connectivity index (χ4n) is 2.82. The lowest BCUT2D eigenvalue weighted by Crippen LogP contribution is -2.50. The third-order valence-electron chi connectivity index (χ3n) is 6.76. The number of fused-ring (bicyclic) bond motifs is 1. The first-order chi connectivity index (χ1) is 11.7. The summed E-state index contributed by atoms with van der Waals surface area (Å²) in [5.41, 5.74) is 2.40. The molecule has 2 aromatic rings. The smallest absolute Gasteiger partial charge is 0.191 e. The van der Waals surface area contributed by atoms with Crippen molar-refractivity contribution in [2.45, 2.75) is 84.2 Å². The molecule has 1 aromatic carbocycles. The van der Waals surface area contributed by atoms with E-state index in [0.29, 0.717) is 0 Å². The first kappa shape index (κ1) is 21.5. The first-order valence-electron chi connectivity index (χ1n) is 9.83. The minimum atomic E-state index is -1.75. The van der Waals surface area contributed by atoms with E-state index in [9.17, 15) is 0 Å². The summed E-state index contributed by atoms with van der Waals surface area (Å²) in [5.74, 6) is 0. The summed E-state index contributed by atoms with van der Waals surface area (Å²) in [4.78, 5) is 0. The second-order valence-electron chi connectivity index (χ2n) is 10.6. The van der Waals surface area contributed by atoms with E-state index in [-0.39, 0.29) is 10.1 Å². The molecule has 0 bridgehead atoms. The van der Waals surface area contributed by atoms with Crippen molar-refractivity contribution in [2.75, 3.05) is 6.61 Å². The van der Waals surface area contributed by atoms with Crippen molar-refractivity contribution in [3.05, 3.63) is 29.8 Å². The summed E-state index contributed by atoms with van der Waals surface area (Å²) < 4.78 is 12.9. The van der Waals surface area contributed by atoms with Gasteiger partial charge in [-0.2, -0.15) is 0 Å². The summed E-state index contributed by atoms with van der Waals surface area (Å²) in [7, 11) is -3.48. The highest BCUT2D eigenvalue weighted by Gasteiger charge is 2.42. The molecule has 1 heterocycles. The van der Waals surface area contributed by atoms with Crippen molar-refractivity contribution in [2.24, 2.45) is 0 Å². The highest BCUT2D eigenvalue weighted by molar-refractivity contribution is 6.91. The van der Waals surface area contributed by atoms with Gasteiger partial charge in [0.25, 0.3) is 0 Å². The zero-order valence-corrected chi connectivity index (χ0v) is 20.5. The number of rotatable bonds is 5. The van der Waals surface area contributed by atoms with E-state index in [0.717, 1.165) is 18.6 Å². The first-order valence-corrected chi connectivity index (χ1v) is 15.7. The van der Waals surface area contributed by atoms with E-state index in [1.165, 1.54) is 16.3 Å². The van der Waals surface area contributed by atoms with Crippen LogP contribution in [0.2, 0.25) is 36.3 Å². The molecule has 2 rings (SSSR count). The summed E-state index contributed by atoms with van der Waals surface area (Å²) in [5, 5.41) is 3.01. The Labute approximate surface area is 162 Å². The molecule has 0 saturated heterocycles. The minimum Gasteiger partial charge on any atom is -0.466 e. The molecule has 0 aliphatic rings. The van der Waals surface area contributed by atoms with Crippen LogP contribution in [0.15, 0.2) is 28.7 Å². The van der Waals surface area contributed by atoms with Crippen LogP contribution in [-0.4, -0.2) is 23.0 Å². The second-order valence-corrected chi connectivity index (χ2v) is 20.7. The van der Waals surface area contributed by atoms with Gasteiger partial charge in [-0.25, -0.2) is 0 Å². The predicted octanol–water partition coefficient (Wildman–Crippen LogP) is 6.71. The maximum absolute atomic E-state index is 6.48. The fourth-order valence-corrected chi connectivity index (χ4v) is 5.92. The summed E-state index contributed by atoms with van der Waals surface area (Å²) in [6.07, 6.45) is 0.936. The molecule has 0 spiro atoms. The third kappa shape index (κ3) is 4.02. The molecule has 0 saturated carbocycles. The molecule has 0 unspecified atom stereocenters. The van der Waals surface area contributed by atoms with E-state index < -0.39 is 16.4 Å². The van der Waals surface area contributed by atoms with Crippen LogP contribution in [0.3, 0.4) is 0 Å². The highest BCUT2D eigenvalue weighted by atomic mass is 28.4. The number of benzene rings is 1. The van der Waals surface area contributed by atoms with E-state index in [4.69, 9.17) is 8.84 Å². The van der Waals surface area contributed by atoms with E-state index >= 15 is 0 Å². The topological polar surface area (TPSA) is 22.4 Å². The van der Waals surface area contributed by atoms with Crippen molar-refractivity contribution in [3.8, 4) is 0 Å². The lowest BCUT2D eigenvalue weighted by Gasteiger charge is -2.37. The van der Waals surface area contributed by atoms with Crippen molar-refractivity contribution >= 4 is 32.7 Å². The summed E-state index contributed by atoms with van der Waals surface area (Å²) in [6, 6.07) is 8.49. The molecule has 4 heteroatoms. The molecule has 0 aliphatic heterocycles. The molecule has 0 N–H and O–H groups in total. The Bertz CT molecular complexity index is 759. The standard InChI is InChI=1S/C22H38O2Si2/c1-21(2,3)25(7,8)20-18(17-13-11-12-14-19(17)24-20)15-16-23-26(9,10)22(4,5)6/h11-14H,15-16H2,1-10H3. The molecule has 2 nitrogen and oxygen atoms in total. The van der Waals surface area contributed by atoms with Crippen LogP contribution in [0.1, 0.15) is 47.1 Å². The zero-order valence-electron chi connectivity index (χ0n) is 18.5. The Morgan fingerprint density at radius 2 is 1.46 bits per heavy atom. The highest BCUT2D eigenvalue weighted by Crippen LogP contribution is 2.39. The van der Waals surface area contributed by atoms with E-state index in [1.54, 1.807) is 0 Å². The largest absolute Gasteiger partial charge is 0.466 e. The normalized spacial score (nSPS) is 14.2. The number of hydrogen-bond donors (Lipinski definition) is 0. The van der Waals surface area contributed by atoms with Gasteiger partial charge in [0, 0.05) is 12.0 Å². The van der Waals surface area contributed by atoms with Crippen LogP contribution < -0.4 is 5.38 Å². The van der Waals surface area contributed by atoms with Crippen LogP contribution in [0.25, 0.3) is 11.0 Å². The maximum Gasteiger partial charge on any atom is 0.191 e. The maximum atomic E-state index is 6.48. The molecule has 26 heavy (non-hydrogen) atoms. The predicted molar refractivity (Wildman–Crippen MR) is 120 cm³/mol. The third-order valence-corrected chi connectivity index (χ3v) is 16.6. The molecule has 0 aliphatic carbocycles. The number of hydrogen-bond acceptors (Lipinski definition) is 2. The van der Waals surface area contributed by atoms with Gasteiger partial charge in [-0.3, -0.25) is 0 Å². The van der Waals surface area contributed by atoms with Crippen molar-refractivity contribution in [3.63, 3.8) is 0 Å². The van der Waals surface area contributed by atoms with Crippen molar-refractivity contribution in [1.29, 1.82) is 0 Å². The van der Waals surface area contributed by atoms with E-state index in [2.05, 4.69) is 92.0 Å². The zero-order chi connectivity index (χ0) is 20.0. The van der Waals surface area contributed by atoms with Gasteiger partial charge in [0.05, 0.1) is 5.38 Å². The van der Waals surface area contributed by atoms with E-state index in [1.807, 2.05) is 0 Å². The SMILES string of the molecule is CC(C)(C)[Si](C)(C)OCCc1c([Si](C)(C)C(C)(C)C)oc2ccccc12. The molecule has 146 valence electrons. The van der Waals surface area contributed by atoms with Gasteiger partial charge in [-0.05, 0) is 41.2 Å². The monoisotopic (exact) mass is 390 g/mol. The lowest BCUT2D eigenvalue weighted by molar-refractivity contribution is 0.292. The molecular formula is C22H38O2Si2. The quantitative estimate of drug-likeness (QED) is 0.529. The number of para-hydroxylation sites is 1. The van der Waals surface area contributed by atoms with Gasteiger partial charge in [0.2, 0.25) is 0 Å². The van der Waals surface area contributed by atoms with Crippen LogP contribution in [-0.2, 0) is 10.8 Å². The van der Waals surface area contributed by atoms with Crippen LogP contribution in [0, 0.1) is 0 Å². The Morgan fingerprint density at radius 3 is 2.00 bits per heavy atom. The second kappa shape index (κ2) is 6.95. The van der Waals surface area contributed by atoms with Gasteiger partial charge >= 0.3 is 0 Å². The molecule has 1 aromatic heterocycles. The average molecular weight is 391 g/mol. The van der Waals surface area contributed by atoms with Gasteiger partial charge in [-0.15, -0.1) is 0 Å². The van der Waals surface area contributed by atoms with Crippen LogP contribution >= 0.6 is 0 Å². The number of furan rings is 1. The van der Waals surface area contributed by atoms with Gasteiger partial charge in [-0.1, -0.05) is 72.8 Å². The Hall–Kier alpha value is -0.846. The molecule has 0 amide bonds. The molecular weight excluding hydrogens is 352 g/mol. The Balaban J connectivity index is 2.39. The Morgan fingerprint density at radius 1 is 0.885 bits per heavy atom. The fraction of sp³-hybridized carbons (Fsp3) is 0.636. The molecule has 0 atom stereocenters. The van der Waals surface area contributed by atoms with Gasteiger partial charge in [0.15, 0.2) is 8.32 Å². The van der Waals surface area contributed by atoms with Crippen molar-refractivity contribution in [1.82, 2.24) is 0 Å². The lowest BCUT2D eigenvalue weighted by atomic mass is 10.1. The Kier molecular flexibility index (Phi) is 5.74. The van der Waals surface area contributed by atoms with Crippen molar-refractivity contribution < 1.29 is 8.84 Å². The van der Waals surface area contributed by atoms with Crippen LogP contribution in [0.4, 0.5) is 0 Å². The summed E-state index contributed by atoms with van der Waals surface area (Å²) >= 11 is 0. The molecule has 0 radical (unpaired) electrons. The summed E-state index contributed by atoms with van der Waals surface area (Å²) in [6.45, 7) is 24.2. The molecule has 0 fully saturated rings. The van der Waals surface area contributed by atoms with Gasteiger partial charge in [0.1, 0.15) is 13.7 Å². The van der Waals surface area contributed by atoms with Crippen LogP contribution in [0.5, 0.6) is 0 Å². The average Bonchev–Trinajstić information content (AvgIpc) is 2.84.